The summed E-state index contributed by atoms with van der Waals surface area (Å²) in [6.07, 6.45) is 0. The van der Waals surface area contributed by atoms with E-state index in [2.05, 4.69) is 9.44 Å². The minimum atomic E-state index is -0.741. The molecular weight excluding hydrogens is 344 g/mol. The normalized spacial score (nSPS) is 9.92. The summed E-state index contributed by atoms with van der Waals surface area (Å²) < 4.78 is 4.73. The van der Waals surface area contributed by atoms with Crippen molar-refractivity contribution in [3.8, 4) is 0 Å². The van der Waals surface area contributed by atoms with Crippen LogP contribution in [0.1, 0.15) is 41.4 Å². The fourth-order valence-electron chi connectivity index (χ4n) is 2.02. The topological polar surface area (TPSA) is 144 Å². The Morgan fingerprint density at radius 3 is 1.28 bits per heavy atom. The number of rotatable bonds is 6. The summed E-state index contributed by atoms with van der Waals surface area (Å²) in [6.45, 7) is 0. The van der Waals surface area contributed by atoms with E-state index >= 15 is 0 Å². The van der Waals surface area contributed by atoms with E-state index in [9.17, 15) is 19.2 Å². The number of hydrogen-bond acceptors (Lipinski definition) is 5. The summed E-state index contributed by atoms with van der Waals surface area (Å²) in [5.41, 5.74) is 10.7. The zero-order valence-corrected chi connectivity index (χ0v) is 13.6. The highest BCUT2D eigenvalue weighted by molar-refractivity contribution is 7.96. The molecule has 0 bridgehead atoms. The van der Waals surface area contributed by atoms with Crippen molar-refractivity contribution in [1.82, 2.24) is 9.44 Å². The molecule has 0 unspecified atom stereocenters. The monoisotopic (exact) mass is 358 g/mol. The number of carbonyl (C=O) groups excluding carboxylic acids is 4. The van der Waals surface area contributed by atoms with Crippen LogP contribution in [0.4, 0.5) is 0 Å². The van der Waals surface area contributed by atoms with Crippen LogP contribution < -0.4 is 20.9 Å². The van der Waals surface area contributed by atoms with E-state index in [-0.39, 0.29) is 22.3 Å². The molecular formula is C16H14N4O4S. The molecule has 6 N–H and O–H groups in total. The van der Waals surface area contributed by atoms with E-state index in [0.717, 1.165) is 0 Å². The third kappa shape index (κ3) is 4.36. The number of amides is 4. The summed E-state index contributed by atoms with van der Waals surface area (Å²) in [6, 6.07) is 12.0. The zero-order valence-electron chi connectivity index (χ0n) is 12.8. The van der Waals surface area contributed by atoms with Gasteiger partial charge in [-0.05, 0) is 24.3 Å². The molecule has 0 atom stereocenters. The first-order valence-electron chi connectivity index (χ1n) is 6.96. The van der Waals surface area contributed by atoms with Crippen molar-refractivity contribution in [3.05, 3.63) is 70.8 Å². The van der Waals surface area contributed by atoms with Gasteiger partial charge < -0.3 is 11.5 Å². The summed E-state index contributed by atoms with van der Waals surface area (Å²) in [5, 5.41) is 0. The Kier molecular flexibility index (Phi) is 5.75. The second-order valence-corrected chi connectivity index (χ2v) is 5.40. The molecule has 0 aromatic heterocycles. The van der Waals surface area contributed by atoms with E-state index in [1.54, 1.807) is 24.3 Å². The van der Waals surface area contributed by atoms with Gasteiger partial charge in [0, 0.05) is 0 Å². The number of carbonyl (C=O) groups is 4. The van der Waals surface area contributed by atoms with Gasteiger partial charge in [0.2, 0.25) is 11.8 Å². The largest absolute Gasteiger partial charge is 0.366 e. The molecule has 4 amide bonds. The van der Waals surface area contributed by atoms with Crippen molar-refractivity contribution in [1.29, 1.82) is 0 Å². The van der Waals surface area contributed by atoms with Gasteiger partial charge in [-0.2, -0.15) is 0 Å². The summed E-state index contributed by atoms with van der Waals surface area (Å²) in [7, 11) is 0. The molecule has 0 heterocycles. The Morgan fingerprint density at radius 2 is 0.960 bits per heavy atom. The Morgan fingerprint density at radius 1 is 0.640 bits per heavy atom. The minimum Gasteiger partial charge on any atom is -0.366 e. The highest BCUT2D eigenvalue weighted by atomic mass is 32.2. The standard InChI is InChI=1S/C16H14N4O4S/c17-13(21)9-5-1-3-7-11(9)15(23)19-25-20-16(24)12-8-4-2-6-10(12)14(18)22/h1-8H,(H2,17,21)(H2,18,22)(H,19,23)(H,20,24). The SMILES string of the molecule is NC(=O)c1ccccc1C(=O)NSNC(=O)c1ccccc1C(N)=O. The van der Waals surface area contributed by atoms with Gasteiger partial charge >= 0.3 is 0 Å². The quantitative estimate of drug-likeness (QED) is 0.559. The van der Waals surface area contributed by atoms with E-state index in [1.165, 1.54) is 24.3 Å². The maximum atomic E-state index is 12.1. The lowest BCUT2D eigenvalue weighted by Gasteiger charge is -2.09. The maximum Gasteiger partial charge on any atom is 0.263 e. The van der Waals surface area contributed by atoms with E-state index in [0.29, 0.717) is 12.1 Å². The lowest BCUT2D eigenvalue weighted by atomic mass is 10.1. The van der Waals surface area contributed by atoms with E-state index in [4.69, 9.17) is 11.5 Å². The molecule has 2 rings (SSSR count). The van der Waals surface area contributed by atoms with Gasteiger partial charge in [-0.3, -0.25) is 28.6 Å². The van der Waals surface area contributed by atoms with Crippen molar-refractivity contribution >= 4 is 35.8 Å². The number of benzene rings is 2. The van der Waals surface area contributed by atoms with E-state index < -0.39 is 23.6 Å². The van der Waals surface area contributed by atoms with Crippen LogP contribution >= 0.6 is 12.1 Å². The van der Waals surface area contributed by atoms with Crippen LogP contribution in [0.15, 0.2) is 48.5 Å². The molecule has 25 heavy (non-hydrogen) atoms. The van der Waals surface area contributed by atoms with Gasteiger partial charge in [-0.25, -0.2) is 0 Å². The fourth-order valence-corrected chi connectivity index (χ4v) is 2.48. The number of nitrogens with one attached hydrogen (secondary N) is 2. The third-order valence-corrected chi connectivity index (χ3v) is 3.74. The van der Waals surface area contributed by atoms with Crippen LogP contribution in [-0.4, -0.2) is 23.6 Å². The molecule has 0 saturated carbocycles. The van der Waals surface area contributed by atoms with Crippen LogP contribution in [0, 0.1) is 0 Å². The average Bonchev–Trinajstić information content (AvgIpc) is 2.61. The molecule has 0 fully saturated rings. The van der Waals surface area contributed by atoms with Crippen molar-refractivity contribution in [2.75, 3.05) is 0 Å². The molecule has 9 heteroatoms. The Hall–Kier alpha value is -3.33. The summed E-state index contributed by atoms with van der Waals surface area (Å²) in [4.78, 5) is 46.8. The first-order chi connectivity index (χ1) is 11.9. The van der Waals surface area contributed by atoms with Crippen LogP contribution in [0.25, 0.3) is 0 Å². The molecule has 2 aromatic rings. The second-order valence-electron chi connectivity index (χ2n) is 4.78. The molecule has 0 saturated heterocycles. The van der Waals surface area contributed by atoms with E-state index in [1.807, 2.05) is 0 Å². The molecule has 2 aromatic carbocycles. The molecule has 0 aliphatic carbocycles. The number of nitrogens with two attached hydrogens (primary N) is 2. The molecule has 8 nitrogen and oxygen atoms in total. The van der Waals surface area contributed by atoms with Gasteiger partial charge in [-0.1, -0.05) is 24.3 Å². The molecule has 0 aliphatic rings. The number of primary amides is 2. The molecule has 128 valence electrons. The fraction of sp³-hybridized carbons (Fsp3) is 0. The third-order valence-electron chi connectivity index (χ3n) is 3.16. The average molecular weight is 358 g/mol. The lowest BCUT2D eigenvalue weighted by molar-refractivity contribution is 0.0951. The highest BCUT2D eigenvalue weighted by Crippen LogP contribution is 2.11. The van der Waals surface area contributed by atoms with Crippen molar-refractivity contribution < 1.29 is 19.2 Å². The van der Waals surface area contributed by atoms with Gasteiger partial charge in [0.15, 0.2) is 0 Å². The Labute approximate surface area is 147 Å². The second kappa shape index (κ2) is 7.97. The minimum absolute atomic E-state index is 0.0611. The smallest absolute Gasteiger partial charge is 0.263 e. The zero-order chi connectivity index (χ0) is 18.4. The summed E-state index contributed by atoms with van der Waals surface area (Å²) in [5.74, 6) is -2.70. The van der Waals surface area contributed by atoms with Crippen LogP contribution in [0.2, 0.25) is 0 Å². The maximum absolute atomic E-state index is 12.1. The van der Waals surface area contributed by atoms with Crippen LogP contribution in [0.3, 0.4) is 0 Å². The van der Waals surface area contributed by atoms with Crippen molar-refractivity contribution in [2.24, 2.45) is 11.5 Å². The van der Waals surface area contributed by atoms with Crippen molar-refractivity contribution in [3.63, 3.8) is 0 Å². The van der Waals surface area contributed by atoms with Gasteiger partial charge in [0.25, 0.3) is 11.8 Å². The van der Waals surface area contributed by atoms with Gasteiger partial charge in [0.05, 0.1) is 34.4 Å². The Balaban J connectivity index is 2.02. The first kappa shape index (κ1) is 18.0. The summed E-state index contributed by atoms with van der Waals surface area (Å²) >= 11 is 0.597. The number of hydrogen-bond donors (Lipinski definition) is 4. The van der Waals surface area contributed by atoms with Crippen LogP contribution in [-0.2, 0) is 0 Å². The van der Waals surface area contributed by atoms with Crippen molar-refractivity contribution in [2.45, 2.75) is 0 Å². The first-order valence-corrected chi connectivity index (χ1v) is 7.77. The van der Waals surface area contributed by atoms with Gasteiger partial charge in [0.1, 0.15) is 0 Å². The predicted octanol–water partition coefficient (Wildman–Crippen LogP) is 0.607. The van der Waals surface area contributed by atoms with Crippen LogP contribution in [0.5, 0.6) is 0 Å². The lowest BCUT2D eigenvalue weighted by Crippen LogP contribution is -2.28. The molecule has 0 spiro atoms. The molecule has 0 radical (unpaired) electrons. The predicted molar refractivity (Wildman–Crippen MR) is 92.4 cm³/mol. The highest BCUT2D eigenvalue weighted by Gasteiger charge is 2.17. The van der Waals surface area contributed by atoms with Gasteiger partial charge in [-0.15, -0.1) is 0 Å². The Bertz CT molecular complexity index is 784. The molecule has 0 aliphatic heterocycles.